The van der Waals surface area contributed by atoms with Crippen molar-refractivity contribution in [2.75, 3.05) is 47.5 Å². The van der Waals surface area contributed by atoms with Gasteiger partial charge in [0.15, 0.2) is 11.5 Å². The van der Waals surface area contributed by atoms with Gasteiger partial charge in [0.25, 0.3) is 0 Å². The predicted molar refractivity (Wildman–Crippen MR) is 103 cm³/mol. The summed E-state index contributed by atoms with van der Waals surface area (Å²) in [5, 5.41) is 0. The van der Waals surface area contributed by atoms with Crippen molar-refractivity contribution in [3.05, 3.63) is 17.7 Å². The Bertz CT molecular complexity index is 585. The molecule has 0 radical (unpaired) electrons. The van der Waals surface area contributed by atoms with Gasteiger partial charge in [-0.1, -0.05) is 13.3 Å². The summed E-state index contributed by atoms with van der Waals surface area (Å²) >= 11 is 0. The number of benzene rings is 1. The Morgan fingerprint density at radius 2 is 1.58 bits per heavy atom. The topological polar surface area (TPSA) is 36.6 Å². The summed E-state index contributed by atoms with van der Waals surface area (Å²) in [5.74, 6) is 3.14. The van der Waals surface area contributed by atoms with Crippen LogP contribution in [-0.4, -0.2) is 53.6 Å². The second-order valence-electron chi connectivity index (χ2n) is 7.95. The van der Waals surface area contributed by atoms with Crippen molar-refractivity contribution in [2.45, 2.75) is 45.2 Å². The molecule has 2 N–H and O–H groups in total. The van der Waals surface area contributed by atoms with E-state index in [0.29, 0.717) is 5.75 Å². The van der Waals surface area contributed by atoms with Crippen LogP contribution in [0.1, 0.15) is 38.2 Å². The quantitative estimate of drug-likeness (QED) is 0.775. The summed E-state index contributed by atoms with van der Waals surface area (Å²) in [6.07, 6.45) is 5.71. The molecule has 26 heavy (non-hydrogen) atoms. The third-order valence-electron chi connectivity index (χ3n) is 6.46. The van der Waals surface area contributed by atoms with Crippen molar-refractivity contribution in [3.8, 4) is 17.2 Å². The molecule has 1 saturated carbocycles. The number of nitrogens with one attached hydrogen (secondary N) is 2. The first-order chi connectivity index (χ1) is 12.7. The average molecular weight is 365 g/mol. The van der Waals surface area contributed by atoms with Crippen molar-refractivity contribution >= 4 is 0 Å². The van der Waals surface area contributed by atoms with Crippen molar-refractivity contribution < 1.29 is 24.0 Å². The summed E-state index contributed by atoms with van der Waals surface area (Å²) < 4.78 is 16.6. The SMILES string of the molecule is COc1ccc(C[NH+]2CC[NH+]([C@H]3CCCC[C@@H]3C)CC2)c(OC)c1OC. The number of methoxy groups -OCH3 is 3. The summed E-state index contributed by atoms with van der Waals surface area (Å²) in [6, 6.07) is 5.00. The first-order valence-electron chi connectivity index (χ1n) is 10.1. The number of quaternary nitrogens is 2. The van der Waals surface area contributed by atoms with Crippen LogP contribution in [0.2, 0.25) is 0 Å². The molecule has 0 bridgehead atoms. The van der Waals surface area contributed by atoms with Crippen LogP contribution in [-0.2, 0) is 6.54 Å². The highest BCUT2D eigenvalue weighted by molar-refractivity contribution is 5.55. The molecule has 146 valence electrons. The van der Waals surface area contributed by atoms with E-state index in [9.17, 15) is 0 Å². The average Bonchev–Trinajstić information content (AvgIpc) is 2.68. The maximum absolute atomic E-state index is 5.66. The van der Waals surface area contributed by atoms with E-state index in [1.807, 2.05) is 11.0 Å². The molecule has 0 spiro atoms. The minimum atomic E-state index is 0.701. The molecule has 5 nitrogen and oxygen atoms in total. The lowest BCUT2D eigenvalue weighted by Crippen LogP contribution is -3.29. The van der Waals surface area contributed by atoms with Gasteiger partial charge in [0.05, 0.1) is 32.9 Å². The van der Waals surface area contributed by atoms with Gasteiger partial charge in [-0.05, 0) is 31.4 Å². The molecule has 3 rings (SSSR count). The van der Waals surface area contributed by atoms with Crippen LogP contribution >= 0.6 is 0 Å². The molecular weight excluding hydrogens is 328 g/mol. The summed E-state index contributed by atoms with van der Waals surface area (Å²) in [4.78, 5) is 3.49. The maximum atomic E-state index is 5.66. The fraction of sp³-hybridized carbons (Fsp3) is 0.714. The molecule has 1 aliphatic carbocycles. The van der Waals surface area contributed by atoms with Gasteiger partial charge in [-0.3, -0.25) is 0 Å². The Morgan fingerprint density at radius 1 is 0.885 bits per heavy atom. The highest BCUT2D eigenvalue weighted by atomic mass is 16.5. The molecule has 1 saturated heterocycles. The standard InChI is InChI=1S/C21H34N2O3/c1-16-7-5-6-8-18(16)23-13-11-22(12-14-23)15-17-9-10-19(24-2)21(26-4)20(17)25-3/h9-10,16,18H,5-8,11-15H2,1-4H3/p+2/t16-,18-/m0/s1. The van der Waals surface area contributed by atoms with Crippen LogP contribution in [0, 0.1) is 5.92 Å². The zero-order chi connectivity index (χ0) is 18.5. The van der Waals surface area contributed by atoms with Crippen molar-refractivity contribution in [1.29, 1.82) is 0 Å². The Labute approximate surface area is 158 Å². The van der Waals surface area contributed by atoms with Gasteiger partial charge in [0, 0.05) is 5.92 Å². The molecule has 0 aromatic heterocycles. The number of rotatable bonds is 6. The predicted octanol–water partition coefficient (Wildman–Crippen LogP) is 0.575. The van der Waals surface area contributed by atoms with Crippen molar-refractivity contribution in [3.63, 3.8) is 0 Å². The molecule has 0 unspecified atom stereocenters. The molecule has 2 atom stereocenters. The fourth-order valence-corrected chi connectivity index (χ4v) is 4.97. The van der Waals surface area contributed by atoms with Crippen molar-refractivity contribution in [2.24, 2.45) is 5.92 Å². The minimum absolute atomic E-state index is 0.701. The lowest BCUT2D eigenvalue weighted by molar-refractivity contribution is -1.03. The molecule has 0 amide bonds. The van der Waals surface area contributed by atoms with Gasteiger partial charge in [-0.15, -0.1) is 0 Å². The Kier molecular flexibility index (Phi) is 6.65. The summed E-state index contributed by atoms with van der Waals surface area (Å²) in [7, 11) is 5.05. The third kappa shape index (κ3) is 4.09. The van der Waals surface area contributed by atoms with Gasteiger partial charge in [-0.2, -0.15) is 0 Å². The Hall–Kier alpha value is -1.46. The molecule has 1 aromatic carbocycles. The number of hydrogen-bond donors (Lipinski definition) is 2. The first kappa shape index (κ1) is 19.3. The van der Waals surface area contributed by atoms with Crippen LogP contribution in [0.25, 0.3) is 0 Å². The molecule has 1 heterocycles. The fourth-order valence-electron chi connectivity index (χ4n) is 4.97. The summed E-state index contributed by atoms with van der Waals surface area (Å²) in [6.45, 7) is 8.49. The third-order valence-corrected chi connectivity index (χ3v) is 6.46. The van der Waals surface area contributed by atoms with Gasteiger partial charge < -0.3 is 24.0 Å². The largest absolute Gasteiger partial charge is 0.493 e. The zero-order valence-electron chi connectivity index (χ0n) is 16.9. The monoisotopic (exact) mass is 364 g/mol. The van der Waals surface area contributed by atoms with Crippen LogP contribution in [0.3, 0.4) is 0 Å². The number of hydrogen-bond acceptors (Lipinski definition) is 3. The highest BCUT2D eigenvalue weighted by Crippen LogP contribution is 2.39. The molecule has 1 aliphatic heterocycles. The van der Waals surface area contributed by atoms with Crippen molar-refractivity contribution in [1.82, 2.24) is 0 Å². The van der Waals surface area contributed by atoms with Gasteiger partial charge in [0.2, 0.25) is 5.75 Å². The smallest absolute Gasteiger partial charge is 0.203 e. The molecule has 1 aromatic rings. The molecule has 2 aliphatic rings. The lowest BCUT2D eigenvalue weighted by atomic mass is 9.84. The Morgan fingerprint density at radius 3 is 2.19 bits per heavy atom. The number of piperazine rings is 1. The number of ether oxygens (including phenoxy) is 3. The van der Waals surface area contributed by atoms with Gasteiger partial charge >= 0.3 is 0 Å². The van der Waals surface area contributed by atoms with E-state index in [1.165, 1.54) is 57.4 Å². The molecular formula is C21H36N2O3+2. The van der Waals surface area contributed by atoms with Gasteiger partial charge in [-0.25, -0.2) is 0 Å². The van der Waals surface area contributed by atoms with E-state index in [4.69, 9.17) is 14.2 Å². The second kappa shape index (κ2) is 8.96. The van der Waals surface area contributed by atoms with E-state index in [1.54, 1.807) is 26.2 Å². The molecule has 2 fully saturated rings. The first-order valence-corrected chi connectivity index (χ1v) is 10.1. The minimum Gasteiger partial charge on any atom is -0.493 e. The summed E-state index contributed by atoms with van der Waals surface area (Å²) in [5.41, 5.74) is 1.20. The van der Waals surface area contributed by atoms with Crippen LogP contribution in [0.4, 0.5) is 0 Å². The van der Waals surface area contributed by atoms with Crippen LogP contribution in [0.15, 0.2) is 12.1 Å². The maximum Gasteiger partial charge on any atom is 0.203 e. The zero-order valence-corrected chi connectivity index (χ0v) is 16.9. The van der Waals surface area contributed by atoms with Crippen LogP contribution in [0.5, 0.6) is 17.2 Å². The second-order valence-corrected chi connectivity index (χ2v) is 7.95. The Balaban J connectivity index is 1.62. The van der Waals surface area contributed by atoms with E-state index in [-0.39, 0.29) is 0 Å². The molecule has 5 heteroatoms. The van der Waals surface area contributed by atoms with E-state index in [2.05, 4.69) is 13.0 Å². The van der Waals surface area contributed by atoms with E-state index in [0.717, 1.165) is 30.0 Å². The normalized spacial score (nSPS) is 29.2. The lowest BCUT2D eigenvalue weighted by Gasteiger charge is -2.39. The van der Waals surface area contributed by atoms with E-state index < -0.39 is 0 Å². The van der Waals surface area contributed by atoms with Gasteiger partial charge in [0.1, 0.15) is 32.7 Å². The highest BCUT2D eigenvalue weighted by Gasteiger charge is 2.34. The van der Waals surface area contributed by atoms with Crippen LogP contribution < -0.4 is 24.0 Å². The van der Waals surface area contributed by atoms with E-state index >= 15 is 0 Å².